The average molecular weight is 919 g/mol. The lowest BCUT2D eigenvalue weighted by atomic mass is 9.95. The zero-order valence-electron chi connectivity index (χ0n) is 36.6. The maximum absolute atomic E-state index is 13.3. The minimum absolute atomic E-state index is 0.0889. The standard InChI is InChI=1S/C24H24F3N3O3.C21H19F3N2O2.C3H5NO/c1-3-28-23(32)33-22-20(21(31)29-11-4-5-12-30(22)29)19-14-17(10-9-15(19)2)16-7-6-8-18(13-16)24(25,26)27;1-13-7-8-15(14-5-4-6-16(11-14)21(22,23)24)12-17(13)18-19(27)25-9-2-3-10-26(25)20(18)28;1-2-4-3-5/h6-10,13-14H,3-5,11-12H2,1-2H3,(H,28,32);4-8,11-12,27H,2-3,9-10H2,1H3;2H2,1H3. The van der Waals surface area contributed by atoms with Crippen molar-refractivity contribution in [1.29, 1.82) is 0 Å². The summed E-state index contributed by atoms with van der Waals surface area (Å²) in [4.78, 5) is 50.7. The van der Waals surface area contributed by atoms with E-state index in [0.717, 1.165) is 61.1 Å². The molecule has 6 aromatic rings. The number of hydrogen-bond acceptors (Lipinski definition) is 7. The molecule has 2 N–H and O–H groups in total. The van der Waals surface area contributed by atoms with Gasteiger partial charge in [0, 0.05) is 39.3 Å². The second-order valence-corrected chi connectivity index (χ2v) is 15.6. The van der Waals surface area contributed by atoms with Crippen LogP contribution >= 0.6 is 0 Å². The van der Waals surface area contributed by atoms with Crippen molar-refractivity contribution in [2.75, 3.05) is 13.1 Å². The minimum Gasteiger partial charge on any atom is -0.493 e. The molecule has 2 aromatic heterocycles. The third-order valence-corrected chi connectivity index (χ3v) is 11.2. The summed E-state index contributed by atoms with van der Waals surface area (Å²) in [6.07, 6.45) is -4.76. The van der Waals surface area contributed by atoms with Crippen LogP contribution < -0.4 is 21.2 Å². The van der Waals surface area contributed by atoms with Crippen LogP contribution in [0.5, 0.6) is 11.8 Å². The monoisotopic (exact) mass is 918 g/mol. The Bertz CT molecular complexity index is 2900. The number of benzene rings is 4. The van der Waals surface area contributed by atoms with Crippen LogP contribution in [-0.2, 0) is 43.3 Å². The molecule has 0 radical (unpaired) electrons. The molecule has 348 valence electrons. The molecule has 0 spiro atoms. The number of aliphatic imine (C=N–C) groups is 1. The van der Waals surface area contributed by atoms with Gasteiger partial charge in [-0.15, -0.1) is 0 Å². The Kier molecular flexibility index (Phi) is 15.0. The molecule has 0 aliphatic carbocycles. The Hall–Kier alpha value is -7.07. The fourth-order valence-corrected chi connectivity index (χ4v) is 7.88. The van der Waals surface area contributed by atoms with Crippen molar-refractivity contribution in [3.8, 4) is 56.3 Å². The van der Waals surface area contributed by atoms with Gasteiger partial charge in [-0.1, -0.05) is 48.5 Å². The first-order valence-corrected chi connectivity index (χ1v) is 21.3. The van der Waals surface area contributed by atoms with Crippen LogP contribution in [0.15, 0.2) is 99.5 Å². The lowest BCUT2D eigenvalue weighted by Crippen LogP contribution is -2.29. The van der Waals surface area contributed by atoms with E-state index in [-0.39, 0.29) is 34.0 Å². The fourth-order valence-electron chi connectivity index (χ4n) is 7.88. The third-order valence-electron chi connectivity index (χ3n) is 11.2. The van der Waals surface area contributed by atoms with E-state index in [1.165, 1.54) is 22.9 Å². The largest absolute Gasteiger partial charge is 0.493 e. The summed E-state index contributed by atoms with van der Waals surface area (Å²) in [6, 6.07) is 20.4. The van der Waals surface area contributed by atoms with Crippen molar-refractivity contribution in [2.45, 2.75) is 91.9 Å². The topological polar surface area (TPSA) is 142 Å². The Morgan fingerprint density at radius 1 is 0.667 bits per heavy atom. The highest BCUT2D eigenvalue weighted by molar-refractivity contribution is 5.81. The van der Waals surface area contributed by atoms with Crippen LogP contribution in [0.2, 0.25) is 0 Å². The predicted octanol–water partition coefficient (Wildman–Crippen LogP) is 10.4. The molecule has 2 aliphatic rings. The number of aryl methyl sites for hydroxylation is 2. The number of ether oxygens (including phenoxy) is 1. The van der Waals surface area contributed by atoms with E-state index in [0.29, 0.717) is 72.6 Å². The molecule has 0 unspecified atom stereocenters. The molecule has 0 saturated heterocycles. The number of carbonyl (C=O) groups is 1. The van der Waals surface area contributed by atoms with Gasteiger partial charge in [-0.3, -0.25) is 19.0 Å². The van der Waals surface area contributed by atoms with Crippen molar-refractivity contribution in [1.82, 2.24) is 24.0 Å². The fraction of sp³-hybridized carbons (Fsp3) is 0.333. The van der Waals surface area contributed by atoms with E-state index in [1.54, 1.807) is 76.4 Å². The number of nitrogens with zero attached hydrogens (tertiary/aromatic N) is 5. The van der Waals surface area contributed by atoms with Crippen molar-refractivity contribution < 1.29 is 45.8 Å². The number of nitrogens with one attached hydrogen (secondary N) is 1. The summed E-state index contributed by atoms with van der Waals surface area (Å²) in [6.45, 7) is 10.2. The smallest absolute Gasteiger partial charge is 0.416 e. The highest BCUT2D eigenvalue weighted by Crippen LogP contribution is 2.38. The van der Waals surface area contributed by atoms with E-state index in [2.05, 4.69) is 10.3 Å². The quantitative estimate of drug-likeness (QED) is 0.0928. The maximum Gasteiger partial charge on any atom is 0.416 e. The zero-order chi connectivity index (χ0) is 47.9. The Morgan fingerprint density at radius 2 is 1.11 bits per heavy atom. The summed E-state index contributed by atoms with van der Waals surface area (Å²) in [5, 5.41) is 13.2. The normalized spacial score (nSPS) is 13.2. The lowest BCUT2D eigenvalue weighted by molar-refractivity contribution is -0.138. The molecule has 0 fully saturated rings. The number of carbonyl (C=O) groups excluding carboxylic acids is 2. The molecule has 4 heterocycles. The average Bonchev–Trinajstić information content (AvgIpc) is 3.71. The van der Waals surface area contributed by atoms with Crippen LogP contribution in [0.25, 0.3) is 44.5 Å². The van der Waals surface area contributed by atoms with Crippen LogP contribution in [0.1, 0.15) is 61.8 Å². The minimum atomic E-state index is -4.46. The second-order valence-electron chi connectivity index (χ2n) is 15.6. The van der Waals surface area contributed by atoms with Crippen molar-refractivity contribution >= 4 is 12.2 Å². The van der Waals surface area contributed by atoms with Gasteiger partial charge in [0.1, 0.15) is 11.1 Å². The van der Waals surface area contributed by atoms with Crippen LogP contribution in [-0.4, -0.2) is 49.1 Å². The van der Waals surface area contributed by atoms with E-state index in [1.807, 2.05) is 13.8 Å². The first-order valence-electron chi connectivity index (χ1n) is 21.3. The van der Waals surface area contributed by atoms with E-state index < -0.39 is 29.6 Å². The molecular weight excluding hydrogens is 871 g/mol. The van der Waals surface area contributed by atoms with Gasteiger partial charge in [0.25, 0.3) is 11.1 Å². The third kappa shape index (κ3) is 10.5. The summed E-state index contributed by atoms with van der Waals surface area (Å²) in [5.41, 5.74) is 2.81. The number of aromatic nitrogens is 4. The lowest BCUT2D eigenvalue weighted by Gasteiger charge is -2.19. The highest BCUT2D eigenvalue weighted by Gasteiger charge is 2.32. The van der Waals surface area contributed by atoms with E-state index in [4.69, 9.17) is 9.53 Å². The molecule has 1 amide bonds. The number of halogens is 6. The van der Waals surface area contributed by atoms with E-state index in [9.17, 15) is 45.8 Å². The number of rotatable bonds is 7. The molecule has 12 nitrogen and oxygen atoms in total. The van der Waals surface area contributed by atoms with Crippen molar-refractivity contribution in [3.05, 3.63) is 128 Å². The molecule has 18 heteroatoms. The summed E-state index contributed by atoms with van der Waals surface area (Å²) in [7, 11) is 0. The highest BCUT2D eigenvalue weighted by atomic mass is 19.4. The van der Waals surface area contributed by atoms with Crippen molar-refractivity contribution in [3.63, 3.8) is 0 Å². The van der Waals surface area contributed by atoms with Gasteiger partial charge in [-0.25, -0.2) is 23.9 Å². The molecule has 2 aliphatic heterocycles. The van der Waals surface area contributed by atoms with Gasteiger partial charge in [-0.2, -0.15) is 26.3 Å². The molecule has 8 rings (SSSR count). The SMILES string of the molecule is CCN=C=O.CCNC(=O)Oc1c(-c2cc(-c3cccc(C(F)(F)F)c3)ccc2C)c(=O)n2n1CCCC2.Cc1ccc(-c2cccc(C(F)(F)F)c2)cc1-c1c(O)n2n(c1=O)CCCC2. The Labute approximate surface area is 375 Å². The Morgan fingerprint density at radius 3 is 1.55 bits per heavy atom. The summed E-state index contributed by atoms with van der Waals surface area (Å²) in [5.74, 6) is 0.0592. The van der Waals surface area contributed by atoms with Gasteiger partial charge in [0.05, 0.1) is 11.1 Å². The van der Waals surface area contributed by atoms with Crippen LogP contribution in [0.4, 0.5) is 31.1 Å². The zero-order valence-corrected chi connectivity index (χ0v) is 36.6. The van der Waals surface area contributed by atoms with Gasteiger partial charge in [0.2, 0.25) is 17.8 Å². The van der Waals surface area contributed by atoms with Crippen LogP contribution in [0.3, 0.4) is 0 Å². The number of isocyanates is 1. The first kappa shape index (κ1) is 48.4. The summed E-state index contributed by atoms with van der Waals surface area (Å²) < 4.78 is 90.7. The number of hydrogen-bond donors (Lipinski definition) is 2. The molecule has 4 aromatic carbocycles. The van der Waals surface area contributed by atoms with E-state index >= 15 is 0 Å². The molecular formula is C48H48F6N6O6. The Balaban J connectivity index is 0.000000200. The van der Waals surface area contributed by atoms with Gasteiger partial charge >= 0.3 is 18.4 Å². The predicted molar refractivity (Wildman–Crippen MR) is 237 cm³/mol. The van der Waals surface area contributed by atoms with Gasteiger partial charge in [0.15, 0.2) is 0 Å². The number of aromatic hydroxyl groups is 1. The first-order chi connectivity index (χ1) is 31.4. The van der Waals surface area contributed by atoms with Gasteiger partial charge < -0.3 is 15.2 Å². The van der Waals surface area contributed by atoms with Crippen LogP contribution in [0, 0.1) is 13.8 Å². The number of alkyl halides is 6. The molecule has 0 atom stereocenters. The summed E-state index contributed by atoms with van der Waals surface area (Å²) >= 11 is 0. The number of fused-ring (bicyclic) bond motifs is 2. The molecule has 0 bridgehead atoms. The van der Waals surface area contributed by atoms with Gasteiger partial charge in [-0.05, 0) is 134 Å². The van der Waals surface area contributed by atoms with Crippen molar-refractivity contribution in [2.24, 2.45) is 4.99 Å². The molecule has 0 saturated carbocycles. The molecule has 66 heavy (non-hydrogen) atoms. The second kappa shape index (κ2) is 20.4. The maximum atomic E-state index is 13.3. The number of amides is 1.